The lowest BCUT2D eigenvalue weighted by Gasteiger charge is -2.29. The van der Waals surface area contributed by atoms with Crippen LogP contribution in [0.25, 0.3) is 11.0 Å². The number of nitrogens with one attached hydrogen (secondary N) is 1. The number of nitrogens with two attached hydrogens (primary N) is 2. The molecule has 0 aliphatic carbocycles. The molecule has 208 valence electrons. The maximum absolute atomic E-state index is 13.9. The molecule has 0 radical (unpaired) electrons. The molecule has 2 amide bonds. The van der Waals surface area contributed by atoms with Crippen molar-refractivity contribution in [3.63, 3.8) is 0 Å². The van der Waals surface area contributed by atoms with E-state index in [4.69, 9.17) is 16.2 Å². The van der Waals surface area contributed by atoms with Gasteiger partial charge in [0.1, 0.15) is 17.1 Å². The first kappa shape index (κ1) is 29.6. The molecular formula is C28H34FN5O5. The minimum atomic E-state index is -1.22. The van der Waals surface area contributed by atoms with Crippen molar-refractivity contribution < 1.29 is 28.6 Å². The number of fused-ring (bicyclic) bond motifs is 1. The second-order valence-corrected chi connectivity index (χ2v) is 10.0. The number of carbonyl (C=O) groups is 3. The third kappa shape index (κ3) is 8.79. The lowest BCUT2D eigenvalue weighted by molar-refractivity contribution is -0.155. The molecule has 0 aliphatic rings. The van der Waals surface area contributed by atoms with Gasteiger partial charge in [0, 0.05) is 5.92 Å². The number of para-hydroxylation sites is 2. The van der Waals surface area contributed by atoms with Crippen LogP contribution in [0.5, 0.6) is 0 Å². The number of aliphatic hydroxyl groups is 1. The van der Waals surface area contributed by atoms with Gasteiger partial charge >= 0.3 is 5.97 Å². The van der Waals surface area contributed by atoms with Crippen molar-refractivity contribution in [2.45, 2.75) is 57.3 Å². The molecule has 11 heteroatoms. The molecular weight excluding hydrogens is 505 g/mol. The molecule has 0 spiro atoms. The van der Waals surface area contributed by atoms with Gasteiger partial charge in [0.05, 0.1) is 35.9 Å². The third-order valence-electron chi connectivity index (χ3n) is 6.39. The molecule has 39 heavy (non-hydrogen) atoms. The van der Waals surface area contributed by atoms with E-state index in [0.29, 0.717) is 16.6 Å². The van der Waals surface area contributed by atoms with Crippen LogP contribution in [0.15, 0.2) is 54.7 Å². The smallest absolute Gasteiger partial charge is 0.320 e. The molecule has 0 bridgehead atoms. The molecule has 0 saturated carbocycles. The molecule has 1 aromatic heterocycles. The van der Waals surface area contributed by atoms with Crippen molar-refractivity contribution in [3.05, 3.63) is 71.8 Å². The number of rotatable bonds is 13. The zero-order valence-electron chi connectivity index (χ0n) is 22.0. The van der Waals surface area contributed by atoms with Crippen LogP contribution in [0.2, 0.25) is 0 Å². The molecule has 6 N–H and O–H groups in total. The largest absolute Gasteiger partial charge is 0.459 e. The van der Waals surface area contributed by atoms with E-state index in [2.05, 4.69) is 15.3 Å². The fourth-order valence-electron chi connectivity index (χ4n) is 4.26. The lowest BCUT2D eigenvalue weighted by atomic mass is 9.87. The van der Waals surface area contributed by atoms with Crippen LogP contribution >= 0.6 is 0 Å². The molecule has 0 fully saturated rings. The Hall–Kier alpha value is -3.96. The average Bonchev–Trinajstić information content (AvgIpc) is 2.89. The first-order valence-electron chi connectivity index (χ1n) is 12.6. The number of benzene rings is 2. The normalized spacial score (nSPS) is 13.9. The highest BCUT2D eigenvalue weighted by molar-refractivity contribution is 5.94. The van der Waals surface area contributed by atoms with E-state index >= 15 is 0 Å². The Morgan fingerprint density at radius 3 is 2.51 bits per heavy atom. The highest BCUT2D eigenvalue weighted by Gasteiger charge is 2.31. The minimum absolute atomic E-state index is 0.0417. The van der Waals surface area contributed by atoms with Crippen molar-refractivity contribution in [3.8, 4) is 0 Å². The Kier molecular flexibility index (Phi) is 10.0. The number of ether oxygens (including phenoxy) is 1. The van der Waals surface area contributed by atoms with Crippen LogP contribution < -0.4 is 16.8 Å². The summed E-state index contributed by atoms with van der Waals surface area (Å²) in [5, 5.41) is 14.0. The van der Waals surface area contributed by atoms with E-state index in [-0.39, 0.29) is 37.9 Å². The molecule has 0 aliphatic heterocycles. The summed E-state index contributed by atoms with van der Waals surface area (Å²) in [6.07, 6.45) is 0.607. The van der Waals surface area contributed by atoms with Crippen LogP contribution in [0.3, 0.4) is 0 Å². The molecule has 1 heterocycles. The van der Waals surface area contributed by atoms with Crippen molar-refractivity contribution in [2.75, 3.05) is 6.54 Å². The van der Waals surface area contributed by atoms with E-state index in [0.717, 1.165) is 0 Å². The van der Waals surface area contributed by atoms with Gasteiger partial charge in [-0.2, -0.15) is 0 Å². The SMILES string of the molecule is CC(C)(CCC(CC(O)C(Cc1cccc(F)c1)NC(=O)c1cnc2ccccc2n1)C(N)=O)OC(=O)CN. The van der Waals surface area contributed by atoms with E-state index < -0.39 is 47.3 Å². The van der Waals surface area contributed by atoms with E-state index in [1.54, 1.807) is 44.2 Å². The van der Waals surface area contributed by atoms with Crippen molar-refractivity contribution in [1.82, 2.24) is 15.3 Å². The fourth-order valence-corrected chi connectivity index (χ4v) is 4.26. The summed E-state index contributed by atoms with van der Waals surface area (Å²) in [5.74, 6) is -3.06. The molecule has 0 saturated heterocycles. The summed E-state index contributed by atoms with van der Waals surface area (Å²) in [5.41, 5.74) is 11.8. The fraction of sp³-hybridized carbons (Fsp3) is 0.393. The third-order valence-corrected chi connectivity index (χ3v) is 6.39. The van der Waals surface area contributed by atoms with Crippen LogP contribution in [-0.2, 0) is 20.7 Å². The van der Waals surface area contributed by atoms with Gasteiger partial charge < -0.3 is 26.6 Å². The quantitative estimate of drug-likeness (QED) is 0.239. The second kappa shape index (κ2) is 13.2. The standard InChI is InChI=1S/C28H34FN5O5/c1-28(2,39-25(36)15-30)11-10-18(26(31)37)14-24(35)22(13-17-6-5-7-19(29)12-17)34-27(38)23-16-32-20-8-3-4-9-21(20)33-23/h3-9,12,16,18,22,24,35H,10-11,13-15,30H2,1-2H3,(H2,31,37)(H,34,38). The summed E-state index contributed by atoms with van der Waals surface area (Å²) in [6.45, 7) is 3.10. The minimum Gasteiger partial charge on any atom is -0.459 e. The lowest BCUT2D eigenvalue weighted by Crippen LogP contribution is -2.46. The Labute approximate surface area is 226 Å². The number of aliphatic hydroxyl groups excluding tert-OH is 1. The van der Waals surface area contributed by atoms with Gasteiger partial charge in [0.25, 0.3) is 5.91 Å². The van der Waals surface area contributed by atoms with E-state index in [1.807, 2.05) is 0 Å². The van der Waals surface area contributed by atoms with Crippen LogP contribution in [-0.4, -0.2) is 57.1 Å². The number of primary amides is 1. The van der Waals surface area contributed by atoms with Crippen LogP contribution in [0, 0.1) is 11.7 Å². The monoisotopic (exact) mass is 539 g/mol. The van der Waals surface area contributed by atoms with Gasteiger partial charge in [-0.05, 0) is 69.4 Å². The highest BCUT2D eigenvalue weighted by atomic mass is 19.1. The maximum Gasteiger partial charge on any atom is 0.320 e. The number of esters is 1. The van der Waals surface area contributed by atoms with Gasteiger partial charge in [-0.15, -0.1) is 0 Å². The van der Waals surface area contributed by atoms with Gasteiger partial charge in [-0.3, -0.25) is 19.4 Å². The van der Waals surface area contributed by atoms with Gasteiger partial charge in [-0.25, -0.2) is 9.37 Å². The molecule has 3 atom stereocenters. The highest BCUT2D eigenvalue weighted by Crippen LogP contribution is 2.24. The Morgan fingerprint density at radius 1 is 1.13 bits per heavy atom. The predicted molar refractivity (Wildman–Crippen MR) is 143 cm³/mol. The van der Waals surface area contributed by atoms with Gasteiger partial charge in [0.15, 0.2) is 0 Å². The molecule has 10 nitrogen and oxygen atoms in total. The summed E-state index contributed by atoms with van der Waals surface area (Å²) < 4.78 is 19.2. The van der Waals surface area contributed by atoms with E-state index in [1.165, 1.54) is 24.4 Å². The Bertz CT molecular complexity index is 1320. The van der Waals surface area contributed by atoms with Crippen LogP contribution in [0.4, 0.5) is 4.39 Å². The molecule has 3 rings (SSSR count). The van der Waals surface area contributed by atoms with E-state index in [9.17, 15) is 23.9 Å². The number of hydrogen-bond acceptors (Lipinski definition) is 8. The maximum atomic E-state index is 13.9. The van der Waals surface area contributed by atoms with Gasteiger partial charge in [-0.1, -0.05) is 24.3 Å². The first-order chi connectivity index (χ1) is 18.5. The summed E-state index contributed by atoms with van der Waals surface area (Å²) in [4.78, 5) is 45.6. The topological polar surface area (TPSA) is 171 Å². The number of aromatic nitrogens is 2. The molecule has 3 aromatic rings. The molecule has 3 unspecified atom stereocenters. The number of carbonyl (C=O) groups excluding carboxylic acids is 3. The first-order valence-corrected chi connectivity index (χ1v) is 12.6. The van der Waals surface area contributed by atoms with Crippen molar-refractivity contribution >= 4 is 28.8 Å². The number of halogens is 1. The number of nitrogens with zero attached hydrogens (tertiary/aromatic N) is 2. The Morgan fingerprint density at radius 2 is 1.85 bits per heavy atom. The number of amides is 2. The predicted octanol–water partition coefficient (Wildman–Crippen LogP) is 2.02. The van der Waals surface area contributed by atoms with Gasteiger partial charge in [0.2, 0.25) is 5.91 Å². The Balaban J connectivity index is 1.78. The second-order valence-electron chi connectivity index (χ2n) is 10.0. The molecule has 2 aromatic carbocycles. The average molecular weight is 540 g/mol. The summed E-state index contributed by atoms with van der Waals surface area (Å²) in [7, 11) is 0. The summed E-state index contributed by atoms with van der Waals surface area (Å²) in [6, 6.07) is 12.0. The zero-order valence-corrected chi connectivity index (χ0v) is 22.0. The van der Waals surface area contributed by atoms with Crippen molar-refractivity contribution in [2.24, 2.45) is 17.4 Å². The zero-order chi connectivity index (χ0) is 28.6. The summed E-state index contributed by atoms with van der Waals surface area (Å²) >= 11 is 0. The number of hydrogen-bond donors (Lipinski definition) is 4. The van der Waals surface area contributed by atoms with Crippen LogP contribution in [0.1, 0.15) is 49.2 Å². The van der Waals surface area contributed by atoms with Crippen molar-refractivity contribution in [1.29, 1.82) is 0 Å².